The number of rotatable bonds is 9. The molecule has 2 unspecified atom stereocenters. The van der Waals surface area contributed by atoms with Gasteiger partial charge in [-0.25, -0.2) is 0 Å². The highest BCUT2D eigenvalue weighted by Gasteiger charge is 2.14. The van der Waals surface area contributed by atoms with Crippen molar-refractivity contribution in [2.24, 2.45) is 17.4 Å². The van der Waals surface area contributed by atoms with Gasteiger partial charge < -0.3 is 16.8 Å². The summed E-state index contributed by atoms with van der Waals surface area (Å²) in [4.78, 5) is 11.1. The van der Waals surface area contributed by atoms with Crippen LogP contribution in [-0.2, 0) is 0 Å². The average Bonchev–Trinajstić information content (AvgIpc) is 3.10. The highest BCUT2D eigenvalue weighted by atomic mass is 32.1. The molecule has 1 aromatic heterocycles. The summed E-state index contributed by atoms with van der Waals surface area (Å²) in [6.07, 6.45) is 9.14. The van der Waals surface area contributed by atoms with Gasteiger partial charge in [0.15, 0.2) is 0 Å². The smallest absolute Gasteiger partial charge is 0.248 e. The van der Waals surface area contributed by atoms with Crippen molar-refractivity contribution in [1.29, 1.82) is 0 Å². The minimum Gasteiger partial charge on any atom is -0.366 e. The third-order valence-corrected chi connectivity index (χ3v) is 4.76. The number of hydrogen-bond acceptors (Lipinski definition) is 6. The van der Waals surface area contributed by atoms with Gasteiger partial charge in [0.25, 0.3) is 0 Å². The van der Waals surface area contributed by atoms with Crippen LogP contribution in [0.15, 0.2) is 48.6 Å². The molecular weight excluding hydrogens is 346 g/mol. The van der Waals surface area contributed by atoms with Gasteiger partial charge in [0, 0.05) is 23.7 Å². The normalized spacial score (nSPS) is 14.0. The largest absolute Gasteiger partial charge is 0.366 e. The second-order valence-electron chi connectivity index (χ2n) is 6.05. The summed E-state index contributed by atoms with van der Waals surface area (Å²) in [5, 5.41) is 13.3. The van der Waals surface area contributed by atoms with Crippen molar-refractivity contribution in [2.45, 2.75) is 26.3 Å². The van der Waals surface area contributed by atoms with Crippen LogP contribution in [0.25, 0.3) is 10.6 Å². The van der Waals surface area contributed by atoms with Crippen molar-refractivity contribution in [1.82, 2.24) is 10.2 Å². The maximum atomic E-state index is 11.1. The van der Waals surface area contributed by atoms with Crippen LogP contribution in [0.2, 0.25) is 0 Å². The summed E-state index contributed by atoms with van der Waals surface area (Å²) in [6, 6.07) is 7.14. The molecule has 0 radical (unpaired) electrons. The molecule has 1 aromatic carbocycles. The Hall–Kier alpha value is -2.51. The zero-order valence-corrected chi connectivity index (χ0v) is 15.9. The van der Waals surface area contributed by atoms with Gasteiger partial charge in [0.1, 0.15) is 5.01 Å². The zero-order valence-electron chi connectivity index (χ0n) is 15.1. The first-order valence-corrected chi connectivity index (χ1v) is 9.35. The number of nitrogens with zero attached hydrogens (tertiary/aromatic N) is 2. The number of primary amides is 1. The van der Waals surface area contributed by atoms with E-state index in [4.69, 9.17) is 11.5 Å². The standard InChI is InChI=1S/C19H25N5OS/c1-3-4-5-6-13(2)11-16(12-20)22-19-24-23-18(26-19)15-9-7-14(8-10-15)17(21)25/h3-10,13,16H,11-12,20H2,1-2H3,(H2,21,25)(H,22,24)/b4-3-,6-5-. The Morgan fingerprint density at radius 3 is 2.62 bits per heavy atom. The molecule has 2 atom stereocenters. The SMILES string of the molecule is C/C=C\C=C/C(C)CC(CN)Nc1nnc(-c2ccc(C(N)=O)cc2)s1. The van der Waals surface area contributed by atoms with Crippen molar-refractivity contribution >= 4 is 22.4 Å². The molecule has 2 rings (SSSR count). The maximum Gasteiger partial charge on any atom is 0.248 e. The Labute approximate surface area is 158 Å². The van der Waals surface area contributed by atoms with E-state index in [2.05, 4.69) is 34.6 Å². The lowest BCUT2D eigenvalue weighted by molar-refractivity contribution is 0.100. The molecule has 0 aliphatic carbocycles. The van der Waals surface area contributed by atoms with E-state index in [1.54, 1.807) is 12.1 Å². The Bertz CT molecular complexity index is 766. The molecule has 0 aliphatic rings. The molecule has 6 nitrogen and oxygen atoms in total. The molecule has 0 spiro atoms. The van der Waals surface area contributed by atoms with E-state index in [-0.39, 0.29) is 6.04 Å². The van der Waals surface area contributed by atoms with Crippen LogP contribution in [0.5, 0.6) is 0 Å². The summed E-state index contributed by atoms with van der Waals surface area (Å²) in [7, 11) is 0. The minimum atomic E-state index is -0.445. The van der Waals surface area contributed by atoms with Crippen LogP contribution in [0.4, 0.5) is 5.13 Å². The number of hydrogen-bond donors (Lipinski definition) is 3. The van der Waals surface area contributed by atoms with Gasteiger partial charge in [-0.3, -0.25) is 4.79 Å². The lowest BCUT2D eigenvalue weighted by Crippen LogP contribution is -2.30. The van der Waals surface area contributed by atoms with Gasteiger partial charge in [-0.15, -0.1) is 10.2 Å². The molecule has 0 aliphatic heterocycles. The fourth-order valence-corrected chi connectivity index (χ4v) is 3.28. The minimum absolute atomic E-state index is 0.123. The lowest BCUT2D eigenvalue weighted by atomic mass is 10.0. The second-order valence-corrected chi connectivity index (χ2v) is 7.03. The van der Waals surface area contributed by atoms with Gasteiger partial charge in [-0.1, -0.05) is 54.7 Å². The summed E-state index contributed by atoms with van der Waals surface area (Å²) in [5.74, 6) is -0.0412. The number of aromatic nitrogens is 2. The molecular formula is C19H25N5OS. The highest BCUT2D eigenvalue weighted by Crippen LogP contribution is 2.27. The number of amides is 1. The number of nitrogens with two attached hydrogens (primary N) is 2. The fraction of sp³-hybridized carbons (Fsp3) is 0.316. The second kappa shape index (κ2) is 9.84. The summed E-state index contributed by atoms with van der Waals surface area (Å²) >= 11 is 1.46. The van der Waals surface area contributed by atoms with E-state index in [1.165, 1.54) is 11.3 Å². The predicted molar refractivity (Wildman–Crippen MR) is 108 cm³/mol. The molecule has 138 valence electrons. The molecule has 0 saturated heterocycles. The number of nitrogens with one attached hydrogen (secondary N) is 1. The van der Waals surface area contributed by atoms with Crippen LogP contribution < -0.4 is 16.8 Å². The summed E-state index contributed by atoms with van der Waals surface area (Å²) < 4.78 is 0. The summed E-state index contributed by atoms with van der Waals surface area (Å²) in [6.45, 7) is 4.67. The van der Waals surface area contributed by atoms with Crippen LogP contribution in [0, 0.1) is 5.92 Å². The molecule has 1 amide bonds. The van der Waals surface area contributed by atoms with Crippen molar-refractivity contribution in [3.8, 4) is 10.6 Å². The number of benzene rings is 1. The molecule has 1 heterocycles. The number of carbonyl (C=O) groups excluding carboxylic acids is 1. The lowest BCUT2D eigenvalue weighted by Gasteiger charge is -2.18. The first-order chi connectivity index (χ1) is 12.5. The average molecular weight is 372 g/mol. The topological polar surface area (TPSA) is 107 Å². The van der Waals surface area contributed by atoms with E-state index in [9.17, 15) is 4.79 Å². The quantitative estimate of drug-likeness (QED) is 0.587. The van der Waals surface area contributed by atoms with E-state index >= 15 is 0 Å². The number of anilines is 1. The Morgan fingerprint density at radius 1 is 1.27 bits per heavy atom. The summed E-state index contributed by atoms with van der Waals surface area (Å²) in [5.41, 5.74) is 12.5. The van der Waals surface area contributed by atoms with E-state index in [0.717, 1.165) is 22.1 Å². The monoisotopic (exact) mass is 371 g/mol. The molecule has 0 bridgehead atoms. The maximum absolute atomic E-state index is 11.1. The van der Waals surface area contributed by atoms with Gasteiger partial charge >= 0.3 is 0 Å². The van der Waals surface area contributed by atoms with E-state index in [0.29, 0.717) is 18.0 Å². The Kier molecular flexibility index (Phi) is 7.50. The first kappa shape index (κ1) is 19.8. The van der Waals surface area contributed by atoms with Crippen molar-refractivity contribution in [2.75, 3.05) is 11.9 Å². The molecule has 26 heavy (non-hydrogen) atoms. The van der Waals surface area contributed by atoms with E-state index in [1.807, 2.05) is 31.2 Å². The molecule has 5 N–H and O–H groups in total. The van der Waals surface area contributed by atoms with Crippen LogP contribution in [0.1, 0.15) is 30.6 Å². The number of carbonyl (C=O) groups is 1. The highest BCUT2D eigenvalue weighted by molar-refractivity contribution is 7.18. The van der Waals surface area contributed by atoms with Crippen LogP contribution >= 0.6 is 11.3 Å². The molecule has 0 saturated carbocycles. The molecule has 0 fully saturated rings. The Balaban J connectivity index is 2.00. The zero-order chi connectivity index (χ0) is 18.9. The first-order valence-electron chi connectivity index (χ1n) is 8.53. The fourth-order valence-electron chi connectivity index (χ4n) is 2.46. The predicted octanol–water partition coefficient (Wildman–Crippen LogP) is 3.20. The molecule has 7 heteroatoms. The third kappa shape index (κ3) is 5.79. The van der Waals surface area contributed by atoms with Gasteiger partial charge in [-0.05, 0) is 31.4 Å². The number of allylic oxidation sites excluding steroid dienone is 4. The van der Waals surface area contributed by atoms with Gasteiger partial charge in [-0.2, -0.15) is 0 Å². The van der Waals surface area contributed by atoms with Crippen molar-refractivity contribution < 1.29 is 4.79 Å². The van der Waals surface area contributed by atoms with Crippen molar-refractivity contribution in [3.63, 3.8) is 0 Å². The Morgan fingerprint density at radius 2 is 2.00 bits per heavy atom. The van der Waals surface area contributed by atoms with Crippen LogP contribution in [-0.4, -0.2) is 28.7 Å². The molecule has 2 aromatic rings. The van der Waals surface area contributed by atoms with Gasteiger partial charge in [0.2, 0.25) is 11.0 Å². The third-order valence-electron chi connectivity index (χ3n) is 3.85. The van der Waals surface area contributed by atoms with E-state index < -0.39 is 5.91 Å². The van der Waals surface area contributed by atoms with Gasteiger partial charge in [0.05, 0.1) is 0 Å². The van der Waals surface area contributed by atoms with Crippen LogP contribution in [0.3, 0.4) is 0 Å². The van der Waals surface area contributed by atoms with Crippen molar-refractivity contribution in [3.05, 3.63) is 54.1 Å².